The zero-order chi connectivity index (χ0) is 13.8. The summed E-state index contributed by atoms with van der Waals surface area (Å²) in [6.45, 7) is 9.18. The van der Waals surface area contributed by atoms with Gasteiger partial charge in [0, 0.05) is 12.6 Å². The van der Waals surface area contributed by atoms with Crippen molar-refractivity contribution in [2.24, 2.45) is 11.1 Å². The van der Waals surface area contributed by atoms with E-state index in [2.05, 4.69) is 36.1 Å². The van der Waals surface area contributed by atoms with E-state index in [0.29, 0.717) is 12.4 Å². The highest BCUT2D eigenvalue weighted by molar-refractivity contribution is 5.47. The standard InChI is InChI=1S/C13H24N4O/c1-9-11(16-8-17-12(9)18-5)15-7-10(14)6-13(2,3)4/h8,10H,6-7,14H2,1-5H3,(H,15,16,17). The van der Waals surface area contributed by atoms with Crippen molar-refractivity contribution < 1.29 is 4.74 Å². The third-order valence-corrected chi connectivity index (χ3v) is 2.64. The van der Waals surface area contributed by atoms with Crippen molar-refractivity contribution in [1.29, 1.82) is 0 Å². The lowest BCUT2D eigenvalue weighted by Crippen LogP contribution is -2.33. The largest absolute Gasteiger partial charge is 0.481 e. The van der Waals surface area contributed by atoms with Gasteiger partial charge in [0.05, 0.1) is 12.7 Å². The van der Waals surface area contributed by atoms with Crippen LogP contribution in [0.25, 0.3) is 0 Å². The Hall–Kier alpha value is -1.36. The highest BCUT2D eigenvalue weighted by Gasteiger charge is 2.16. The lowest BCUT2D eigenvalue weighted by atomic mass is 9.88. The molecule has 0 aliphatic heterocycles. The maximum atomic E-state index is 6.09. The molecule has 0 radical (unpaired) electrons. The third kappa shape index (κ3) is 4.49. The van der Waals surface area contributed by atoms with Crippen molar-refractivity contribution >= 4 is 5.82 Å². The molecule has 0 fully saturated rings. The van der Waals surface area contributed by atoms with Crippen LogP contribution in [0.1, 0.15) is 32.8 Å². The minimum Gasteiger partial charge on any atom is -0.481 e. The van der Waals surface area contributed by atoms with Crippen molar-refractivity contribution in [2.75, 3.05) is 19.0 Å². The van der Waals surface area contributed by atoms with Gasteiger partial charge in [-0.25, -0.2) is 9.97 Å². The van der Waals surface area contributed by atoms with E-state index >= 15 is 0 Å². The van der Waals surface area contributed by atoms with Crippen LogP contribution in [0.5, 0.6) is 5.88 Å². The van der Waals surface area contributed by atoms with E-state index in [1.54, 1.807) is 7.11 Å². The zero-order valence-corrected chi connectivity index (χ0v) is 11.9. The van der Waals surface area contributed by atoms with Gasteiger partial charge < -0.3 is 15.8 Å². The van der Waals surface area contributed by atoms with Gasteiger partial charge in [-0.05, 0) is 18.8 Å². The summed E-state index contributed by atoms with van der Waals surface area (Å²) in [5.74, 6) is 1.38. The number of rotatable bonds is 5. The quantitative estimate of drug-likeness (QED) is 0.838. The summed E-state index contributed by atoms with van der Waals surface area (Å²) >= 11 is 0. The molecule has 3 N–H and O–H groups in total. The van der Waals surface area contributed by atoms with Crippen LogP contribution in [0.2, 0.25) is 0 Å². The van der Waals surface area contributed by atoms with E-state index in [1.807, 2.05) is 6.92 Å². The number of methoxy groups -OCH3 is 1. The monoisotopic (exact) mass is 252 g/mol. The molecule has 0 aromatic carbocycles. The van der Waals surface area contributed by atoms with Gasteiger partial charge in [0.1, 0.15) is 12.1 Å². The molecule has 5 nitrogen and oxygen atoms in total. The van der Waals surface area contributed by atoms with Gasteiger partial charge in [-0.2, -0.15) is 0 Å². The van der Waals surface area contributed by atoms with E-state index in [9.17, 15) is 0 Å². The van der Waals surface area contributed by atoms with Gasteiger partial charge in [-0.15, -0.1) is 0 Å². The first-order valence-corrected chi connectivity index (χ1v) is 6.18. The topological polar surface area (TPSA) is 73.1 Å². The normalized spacial score (nSPS) is 13.2. The number of aromatic nitrogens is 2. The molecule has 1 heterocycles. The second kappa shape index (κ2) is 6.00. The van der Waals surface area contributed by atoms with E-state index in [4.69, 9.17) is 10.5 Å². The molecular formula is C13H24N4O. The Morgan fingerprint density at radius 2 is 2.06 bits per heavy atom. The predicted octanol–water partition coefficient (Wildman–Crippen LogP) is 1.97. The van der Waals surface area contributed by atoms with Gasteiger partial charge in [-0.1, -0.05) is 20.8 Å². The van der Waals surface area contributed by atoms with E-state index < -0.39 is 0 Å². The first-order chi connectivity index (χ1) is 8.33. The van der Waals surface area contributed by atoms with E-state index in [-0.39, 0.29) is 11.5 Å². The Kier molecular flexibility index (Phi) is 4.90. The summed E-state index contributed by atoms with van der Waals surface area (Å²) in [4.78, 5) is 8.24. The Balaban J connectivity index is 2.58. The number of hydrogen-bond acceptors (Lipinski definition) is 5. The lowest BCUT2D eigenvalue weighted by Gasteiger charge is -2.23. The first-order valence-electron chi connectivity index (χ1n) is 6.18. The van der Waals surface area contributed by atoms with E-state index in [0.717, 1.165) is 17.8 Å². The van der Waals surface area contributed by atoms with Crippen molar-refractivity contribution in [3.05, 3.63) is 11.9 Å². The van der Waals surface area contributed by atoms with Crippen molar-refractivity contribution in [3.63, 3.8) is 0 Å². The van der Waals surface area contributed by atoms with Gasteiger partial charge in [0.25, 0.3) is 0 Å². The van der Waals surface area contributed by atoms with E-state index in [1.165, 1.54) is 6.33 Å². The van der Waals surface area contributed by atoms with Gasteiger partial charge in [-0.3, -0.25) is 0 Å². The Morgan fingerprint density at radius 3 is 2.61 bits per heavy atom. The predicted molar refractivity (Wildman–Crippen MR) is 73.9 cm³/mol. The lowest BCUT2D eigenvalue weighted by molar-refractivity contribution is 0.344. The van der Waals surface area contributed by atoms with Crippen LogP contribution < -0.4 is 15.8 Å². The van der Waals surface area contributed by atoms with Gasteiger partial charge in [0.2, 0.25) is 5.88 Å². The Bertz CT molecular complexity index is 387. The molecule has 0 spiro atoms. The molecule has 18 heavy (non-hydrogen) atoms. The molecule has 0 aliphatic rings. The summed E-state index contributed by atoms with van der Waals surface area (Å²) in [6.07, 6.45) is 2.45. The minimum absolute atomic E-state index is 0.102. The molecule has 0 aliphatic carbocycles. The van der Waals surface area contributed by atoms with Crippen LogP contribution in [-0.4, -0.2) is 29.7 Å². The first kappa shape index (κ1) is 14.7. The molecule has 0 saturated heterocycles. The second-order valence-electron chi connectivity index (χ2n) is 5.76. The average Bonchev–Trinajstić information content (AvgIpc) is 2.25. The molecule has 1 rings (SSSR count). The van der Waals surface area contributed by atoms with Crippen LogP contribution in [0.4, 0.5) is 5.82 Å². The van der Waals surface area contributed by atoms with Crippen LogP contribution in [-0.2, 0) is 0 Å². The Labute approximate surface area is 109 Å². The van der Waals surface area contributed by atoms with Crippen molar-refractivity contribution in [2.45, 2.75) is 40.2 Å². The van der Waals surface area contributed by atoms with Crippen molar-refractivity contribution in [1.82, 2.24) is 9.97 Å². The van der Waals surface area contributed by atoms with Crippen LogP contribution in [0, 0.1) is 12.3 Å². The molecule has 1 aromatic rings. The van der Waals surface area contributed by atoms with Crippen molar-refractivity contribution in [3.8, 4) is 5.88 Å². The summed E-state index contributed by atoms with van der Waals surface area (Å²) in [5.41, 5.74) is 7.23. The number of nitrogens with zero attached hydrogens (tertiary/aromatic N) is 2. The highest BCUT2D eigenvalue weighted by Crippen LogP contribution is 2.22. The number of hydrogen-bond donors (Lipinski definition) is 2. The summed E-state index contributed by atoms with van der Waals surface area (Å²) in [6, 6.07) is 0.102. The summed E-state index contributed by atoms with van der Waals surface area (Å²) < 4.78 is 5.15. The molecule has 5 heteroatoms. The summed E-state index contributed by atoms with van der Waals surface area (Å²) in [7, 11) is 1.60. The Morgan fingerprint density at radius 1 is 1.39 bits per heavy atom. The minimum atomic E-state index is 0.102. The fourth-order valence-electron chi connectivity index (χ4n) is 1.90. The molecule has 102 valence electrons. The number of ether oxygens (including phenoxy) is 1. The molecule has 1 atom stereocenters. The van der Waals surface area contributed by atoms with Gasteiger partial charge >= 0.3 is 0 Å². The fourth-order valence-corrected chi connectivity index (χ4v) is 1.90. The van der Waals surface area contributed by atoms with Crippen LogP contribution >= 0.6 is 0 Å². The fraction of sp³-hybridized carbons (Fsp3) is 0.692. The molecule has 0 amide bonds. The number of nitrogens with two attached hydrogens (primary N) is 1. The zero-order valence-electron chi connectivity index (χ0n) is 11.9. The molecular weight excluding hydrogens is 228 g/mol. The molecule has 0 saturated carbocycles. The maximum absolute atomic E-state index is 6.09. The third-order valence-electron chi connectivity index (χ3n) is 2.64. The van der Waals surface area contributed by atoms with Gasteiger partial charge in [0.15, 0.2) is 0 Å². The smallest absolute Gasteiger partial charge is 0.221 e. The molecule has 1 aromatic heterocycles. The van der Waals surface area contributed by atoms with Crippen LogP contribution in [0.15, 0.2) is 6.33 Å². The number of anilines is 1. The maximum Gasteiger partial charge on any atom is 0.221 e. The molecule has 0 bridgehead atoms. The molecule has 1 unspecified atom stereocenters. The number of nitrogens with one attached hydrogen (secondary N) is 1. The highest BCUT2D eigenvalue weighted by atomic mass is 16.5. The SMILES string of the molecule is COc1ncnc(NCC(N)CC(C)(C)C)c1C. The van der Waals surface area contributed by atoms with Crippen LogP contribution in [0.3, 0.4) is 0 Å². The second-order valence-corrected chi connectivity index (χ2v) is 5.76. The summed E-state index contributed by atoms with van der Waals surface area (Å²) in [5, 5.41) is 3.25. The average molecular weight is 252 g/mol.